The number of carbonyl (C=O) groups is 1. The zero-order chi connectivity index (χ0) is 9.42. The van der Waals surface area contributed by atoms with Crippen molar-refractivity contribution in [2.24, 2.45) is 0 Å². The second-order valence-corrected chi connectivity index (χ2v) is 3.10. The summed E-state index contributed by atoms with van der Waals surface area (Å²) in [6.45, 7) is 1.89. The third-order valence-electron chi connectivity index (χ3n) is 2.38. The van der Waals surface area contributed by atoms with Gasteiger partial charge in [0.25, 0.3) is 5.91 Å². The lowest BCUT2D eigenvalue weighted by Crippen LogP contribution is -2.26. The molecule has 0 saturated heterocycles. The molecule has 0 saturated carbocycles. The van der Waals surface area contributed by atoms with Gasteiger partial charge < -0.3 is 0 Å². The first kappa shape index (κ1) is 8.26. The predicted molar refractivity (Wildman–Crippen MR) is 49.4 cm³/mol. The van der Waals surface area contributed by atoms with Gasteiger partial charge in [-0.1, -0.05) is 18.2 Å². The van der Waals surface area contributed by atoms with Crippen LogP contribution in [-0.2, 0) is 9.63 Å². The molecular formula is C10H11NO2. The van der Waals surface area contributed by atoms with Crippen LogP contribution < -0.4 is 5.06 Å². The van der Waals surface area contributed by atoms with Crippen LogP contribution in [0.4, 0.5) is 5.69 Å². The number of carbonyl (C=O) groups excluding carboxylic acids is 1. The van der Waals surface area contributed by atoms with E-state index in [0.717, 1.165) is 11.3 Å². The van der Waals surface area contributed by atoms with Crippen molar-refractivity contribution >= 4 is 11.6 Å². The van der Waals surface area contributed by atoms with E-state index in [9.17, 15) is 4.79 Å². The SMILES string of the molecule is CON1C(=O)C(C)c2ccccc21. The summed E-state index contributed by atoms with van der Waals surface area (Å²) < 4.78 is 0. The highest BCUT2D eigenvalue weighted by atomic mass is 16.7. The molecule has 0 spiro atoms. The summed E-state index contributed by atoms with van der Waals surface area (Å²) in [5.41, 5.74) is 1.90. The summed E-state index contributed by atoms with van der Waals surface area (Å²) in [4.78, 5) is 16.6. The summed E-state index contributed by atoms with van der Waals surface area (Å²) in [7, 11) is 1.51. The van der Waals surface area contributed by atoms with Gasteiger partial charge in [-0.15, -0.1) is 0 Å². The summed E-state index contributed by atoms with van der Waals surface area (Å²) >= 11 is 0. The lowest BCUT2D eigenvalue weighted by molar-refractivity contribution is -0.124. The Labute approximate surface area is 76.9 Å². The van der Waals surface area contributed by atoms with Gasteiger partial charge in [-0.3, -0.25) is 9.63 Å². The molecule has 1 amide bonds. The molecule has 1 heterocycles. The zero-order valence-corrected chi connectivity index (χ0v) is 7.65. The minimum atomic E-state index is -0.0869. The van der Waals surface area contributed by atoms with E-state index in [1.165, 1.54) is 12.2 Å². The second kappa shape index (κ2) is 2.85. The molecule has 0 radical (unpaired) electrons. The number of fused-ring (bicyclic) bond motifs is 1. The maximum Gasteiger partial charge on any atom is 0.258 e. The lowest BCUT2D eigenvalue weighted by atomic mass is 10.0. The van der Waals surface area contributed by atoms with Gasteiger partial charge >= 0.3 is 0 Å². The molecule has 68 valence electrons. The van der Waals surface area contributed by atoms with E-state index in [0.29, 0.717) is 0 Å². The molecule has 1 unspecified atom stereocenters. The van der Waals surface area contributed by atoms with Crippen molar-refractivity contribution in [3.05, 3.63) is 29.8 Å². The molecule has 0 N–H and O–H groups in total. The van der Waals surface area contributed by atoms with Gasteiger partial charge in [-0.25, -0.2) is 0 Å². The van der Waals surface area contributed by atoms with Crippen molar-refractivity contribution in [1.29, 1.82) is 0 Å². The number of rotatable bonds is 1. The molecule has 1 aliphatic rings. The molecule has 3 nitrogen and oxygen atoms in total. The Hall–Kier alpha value is -1.35. The van der Waals surface area contributed by atoms with Crippen LogP contribution in [0.2, 0.25) is 0 Å². The van der Waals surface area contributed by atoms with Crippen molar-refractivity contribution in [2.45, 2.75) is 12.8 Å². The number of para-hydroxylation sites is 1. The van der Waals surface area contributed by atoms with Crippen molar-refractivity contribution in [3.63, 3.8) is 0 Å². The Morgan fingerprint density at radius 3 is 2.77 bits per heavy atom. The first-order valence-corrected chi connectivity index (χ1v) is 4.22. The van der Waals surface area contributed by atoms with Gasteiger partial charge in [0.05, 0.1) is 18.7 Å². The highest BCUT2D eigenvalue weighted by molar-refractivity contribution is 6.02. The number of hydroxylamine groups is 1. The Balaban J connectivity index is 2.53. The van der Waals surface area contributed by atoms with E-state index in [-0.39, 0.29) is 11.8 Å². The van der Waals surface area contributed by atoms with E-state index >= 15 is 0 Å². The van der Waals surface area contributed by atoms with Gasteiger partial charge in [0.2, 0.25) is 0 Å². The second-order valence-electron chi connectivity index (χ2n) is 3.10. The molecule has 0 aromatic heterocycles. The van der Waals surface area contributed by atoms with Crippen molar-refractivity contribution in [1.82, 2.24) is 0 Å². The van der Waals surface area contributed by atoms with E-state index in [1.54, 1.807) is 0 Å². The fraction of sp³-hybridized carbons (Fsp3) is 0.300. The van der Waals surface area contributed by atoms with Gasteiger partial charge in [0, 0.05) is 0 Å². The summed E-state index contributed by atoms with van der Waals surface area (Å²) in [6.07, 6.45) is 0. The standard InChI is InChI=1S/C10H11NO2/c1-7-8-5-3-4-6-9(8)11(13-2)10(7)12/h3-7H,1-2H3. The molecule has 1 aliphatic heterocycles. The number of benzene rings is 1. The smallest absolute Gasteiger partial charge is 0.258 e. The molecule has 1 atom stereocenters. The Morgan fingerprint density at radius 1 is 1.38 bits per heavy atom. The van der Waals surface area contributed by atoms with E-state index in [1.807, 2.05) is 31.2 Å². The van der Waals surface area contributed by atoms with Crippen LogP contribution in [0, 0.1) is 0 Å². The molecule has 13 heavy (non-hydrogen) atoms. The molecule has 2 rings (SSSR count). The van der Waals surface area contributed by atoms with Crippen LogP contribution in [0.25, 0.3) is 0 Å². The van der Waals surface area contributed by atoms with E-state index < -0.39 is 0 Å². The first-order valence-electron chi connectivity index (χ1n) is 4.22. The van der Waals surface area contributed by atoms with Crippen LogP contribution >= 0.6 is 0 Å². The summed E-state index contributed by atoms with van der Waals surface area (Å²) in [5, 5.41) is 1.35. The molecule has 0 bridgehead atoms. The predicted octanol–water partition coefficient (Wildman–Crippen LogP) is 1.70. The highest BCUT2D eigenvalue weighted by Gasteiger charge is 2.34. The Bertz CT molecular complexity index is 349. The lowest BCUT2D eigenvalue weighted by Gasteiger charge is -2.12. The summed E-state index contributed by atoms with van der Waals surface area (Å²) in [6, 6.07) is 7.68. The third kappa shape index (κ3) is 1.04. The number of amides is 1. The van der Waals surface area contributed by atoms with Crippen molar-refractivity contribution in [3.8, 4) is 0 Å². The molecule has 0 aliphatic carbocycles. The monoisotopic (exact) mass is 177 g/mol. The van der Waals surface area contributed by atoms with E-state index in [2.05, 4.69) is 0 Å². The average Bonchev–Trinajstić information content (AvgIpc) is 2.41. The van der Waals surface area contributed by atoms with Crippen molar-refractivity contribution in [2.75, 3.05) is 12.2 Å². The van der Waals surface area contributed by atoms with Gasteiger partial charge in [-0.2, -0.15) is 5.06 Å². The van der Waals surface area contributed by atoms with E-state index in [4.69, 9.17) is 4.84 Å². The Morgan fingerprint density at radius 2 is 2.08 bits per heavy atom. The fourth-order valence-electron chi connectivity index (χ4n) is 1.65. The summed E-state index contributed by atoms with van der Waals surface area (Å²) in [5.74, 6) is -0.0835. The molecule has 1 aromatic rings. The quantitative estimate of drug-likeness (QED) is 0.653. The zero-order valence-electron chi connectivity index (χ0n) is 7.65. The van der Waals surface area contributed by atoms with Gasteiger partial charge in [0.1, 0.15) is 0 Å². The van der Waals surface area contributed by atoms with Crippen LogP contribution in [0.15, 0.2) is 24.3 Å². The topological polar surface area (TPSA) is 29.5 Å². The number of nitrogens with zero attached hydrogens (tertiary/aromatic N) is 1. The maximum absolute atomic E-state index is 11.6. The average molecular weight is 177 g/mol. The van der Waals surface area contributed by atoms with Crippen LogP contribution in [0.1, 0.15) is 18.4 Å². The molecule has 1 aromatic carbocycles. The fourth-order valence-corrected chi connectivity index (χ4v) is 1.65. The minimum Gasteiger partial charge on any atom is -0.271 e. The van der Waals surface area contributed by atoms with Crippen LogP contribution in [0.5, 0.6) is 0 Å². The largest absolute Gasteiger partial charge is 0.271 e. The minimum absolute atomic E-state index is 0.00343. The number of hydrogen-bond donors (Lipinski definition) is 0. The normalized spacial score (nSPS) is 20.6. The van der Waals surface area contributed by atoms with Crippen LogP contribution in [-0.4, -0.2) is 13.0 Å². The number of hydrogen-bond acceptors (Lipinski definition) is 2. The third-order valence-corrected chi connectivity index (χ3v) is 2.38. The Kier molecular flexibility index (Phi) is 1.81. The van der Waals surface area contributed by atoms with Gasteiger partial charge in [-0.05, 0) is 18.6 Å². The number of anilines is 1. The van der Waals surface area contributed by atoms with Gasteiger partial charge in [0.15, 0.2) is 0 Å². The highest BCUT2D eigenvalue weighted by Crippen LogP contribution is 2.36. The van der Waals surface area contributed by atoms with Crippen LogP contribution in [0.3, 0.4) is 0 Å². The molecular weight excluding hydrogens is 166 g/mol. The first-order chi connectivity index (χ1) is 6.25. The molecule has 0 fully saturated rings. The van der Waals surface area contributed by atoms with Crippen molar-refractivity contribution < 1.29 is 9.63 Å². The molecule has 3 heteroatoms. The maximum atomic E-state index is 11.6.